The maximum Gasteiger partial charge on any atom is 0.322 e. The van der Waals surface area contributed by atoms with E-state index in [9.17, 15) is 9.59 Å². The lowest BCUT2D eigenvalue weighted by molar-refractivity contribution is -0.123. The van der Waals surface area contributed by atoms with Gasteiger partial charge in [0.2, 0.25) is 0 Å². The summed E-state index contributed by atoms with van der Waals surface area (Å²) in [6.07, 6.45) is 0.505. The van der Waals surface area contributed by atoms with Crippen molar-refractivity contribution in [2.75, 3.05) is 0 Å². The molecule has 1 aliphatic rings. The third-order valence-electron chi connectivity index (χ3n) is 1.68. The van der Waals surface area contributed by atoms with E-state index in [0.29, 0.717) is 6.42 Å². The van der Waals surface area contributed by atoms with Crippen LogP contribution in [-0.2, 0) is 4.79 Å². The minimum atomic E-state index is -0.797. The van der Waals surface area contributed by atoms with Crippen LogP contribution in [0.15, 0.2) is 0 Å². The Morgan fingerprint density at radius 1 is 1.50 bits per heavy atom. The summed E-state index contributed by atoms with van der Waals surface area (Å²) in [6.45, 7) is 1.68. The quantitative estimate of drug-likeness (QED) is 0.592. The fourth-order valence-corrected chi connectivity index (χ4v) is 2.33. The van der Waals surface area contributed by atoms with Gasteiger partial charge in [-0.05, 0) is 6.92 Å². The lowest BCUT2D eigenvalue weighted by Crippen LogP contribution is -2.44. The Bertz CT molecular complexity index is 232. The third-order valence-corrected chi connectivity index (χ3v) is 2.33. The zero-order valence-corrected chi connectivity index (χ0v) is 9.53. The molecule has 1 unspecified atom stereocenters. The van der Waals surface area contributed by atoms with E-state index in [1.54, 1.807) is 6.92 Å². The van der Waals surface area contributed by atoms with Gasteiger partial charge >= 0.3 is 6.03 Å². The van der Waals surface area contributed by atoms with Crippen molar-refractivity contribution in [1.29, 1.82) is 0 Å². The predicted molar refractivity (Wildman–Crippen MR) is 51.3 cm³/mol. The number of amides is 3. The number of urea groups is 1. The molecule has 1 saturated heterocycles. The molecule has 4 nitrogen and oxygen atoms in total. The molecule has 68 valence electrons. The van der Waals surface area contributed by atoms with Crippen LogP contribution in [0.5, 0.6) is 0 Å². The smallest absolute Gasteiger partial charge is 0.322 e. The van der Waals surface area contributed by atoms with E-state index in [0.717, 1.165) is 0 Å². The van der Waals surface area contributed by atoms with E-state index in [1.165, 1.54) is 0 Å². The molecule has 0 radical (unpaired) electrons. The molecule has 3 amide bonds. The summed E-state index contributed by atoms with van der Waals surface area (Å²) < 4.78 is 0.0131. The first-order valence-electron chi connectivity index (χ1n) is 3.36. The van der Waals surface area contributed by atoms with E-state index in [1.807, 2.05) is 0 Å². The summed E-state index contributed by atoms with van der Waals surface area (Å²) in [5, 5.41) is 4.73. The number of carbonyl (C=O) groups is 2. The first-order chi connectivity index (χ1) is 5.44. The van der Waals surface area contributed by atoms with Crippen molar-refractivity contribution in [2.45, 2.75) is 22.6 Å². The summed E-state index contributed by atoms with van der Waals surface area (Å²) in [4.78, 5) is 22.0. The fourth-order valence-electron chi connectivity index (χ4n) is 1.03. The van der Waals surface area contributed by atoms with E-state index in [2.05, 4.69) is 42.5 Å². The zero-order valence-electron chi connectivity index (χ0n) is 6.36. The van der Waals surface area contributed by atoms with Gasteiger partial charge in [0.25, 0.3) is 5.91 Å². The number of imide groups is 1. The SMILES string of the molecule is CC1(CC(Br)Br)NC(=O)NC1=O. The molecule has 1 aliphatic heterocycles. The molecule has 0 spiro atoms. The van der Waals surface area contributed by atoms with Crippen LogP contribution in [0.2, 0.25) is 0 Å². The van der Waals surface area contributed by atoms with Crippen molar-refractivity contribution in [3.05, 3.63) is 0 Å². The van der Waals surface area contributed by atoms with Crippen LogP contribution in [0, 0.1) is 0 Å². The largest absolute Gasteiger partial charge is 0.323 e. The van der Waals surface area contributed by atoms with E-state index < -0.39 is 11.6 Å². The third kappa shape index (κ3) is 1.98. The molecule has 0 aromatic heterocycles. The molecular weight excluding hydrogens is 292 g/mol. The van der Waals surface area contributed by atoms with Crippen molar-refractivity contribution >= 4 is 43.8 Å². The van der Waals surface area contributed by atoms with Gasteiger partial charge in [-0.1, -0.05) is 31.9 Å². The molecule has 1 rings (SSSR count). The van der Waals surface area contributed by atoms with Crippen molar-refractivity contribution in [1.82, 2.24) is 10.6 Å². The topological polar surface area (TPSA) is 58.2 Å². The number of hydrogen-bond acceptors (Lipinski definition) is 2. The molecule has 0 aromatic rings. The van der Waals surface area contributed by atoms with Crippen LogP contribution in [-0.4, -0.2) is 21.2 Å². The van der Waals surface area contributed by atoms with E-state index >= 15 is 0 Å². The average Bonchev–Trinajstić information content (AvgIpc) is 2.04. The van der Waals surface area contributed by atoms with Crippen LogP contribution in [0.3, 0.4) is 0 Å². The Hall–Kier alpha value is -0.100. The summed E-state index contributed by atoms with van der Waals surface area (Å²) in [7, 11) is 0. The van der Waals surface area contributed by atoms with Gasteiger partial charge in [0, 0.05) is 6.42 Å². The van der Waals surface area contributed by atoms with Crippen molar-refractivity contribution in [2.24, 2.45) is 0 Å². The Labute approximate surface area is 86.7 Å². The van der Waals surface area contributed by atoms with Gasteiger partial charge in [-0.15, -0.1) is 0 Å². The first-order valence-corrected chi connectivity index (χ1v) is 5.19. The summed E-state index contributed by atoms with van der Waals surface area (Å²) >= 11 is 6.50. The molecule has 1 heterocycles. The number of halogens is 2. The van der Waals surface area contributed by atoms with Gasteiger partial charge in [0.1, 0.15) is 5.54 Å². The maximum absolute atomic E-state index is 11.2. The van der Waals surface area contributed by atoms with Gasteiger partial charge < -0.3 is 5.32 Å². The second-order valence-electron chi connectivity index (χ2n) is 2.84. The molecule has 0 saturated carbocycles. The highest BCUT2D eigenvalue weighted by atomic mass is 79.9. The van der Waals surface area contributed by atoms with Gasteiger partial charge in [0.15, 0.2) is 0 Å². The van der Waals surface area contributed by atoms with Crippen molar-refractivity contribution in [3.8, 4) is 0 Å². The van der Waals surface area contributed by atoms with Gasteiger partial charge in [-0.25, -0.2) is 4.79 Å². The van der Waals surface area contributed by atoms with E-state index in [-0.39, 0.29) is 9.64 Å². The van der Waals surface area contributed by atoms with Gasteiger partial charge in [-0.3, -0.25) is 10.1 Å². The highest BCUT2D eigenvalue weighted by Crippen LogP contribution is 2.24. The highest BCUT2D eigenvalue weighted by Gasteiger charge is 2.42. The predicted octanol–water partition coefficient (Wildman–Crippen LogP) is 1.09. The van der Waals surface area contributed by atoms with Crippen LogP contribution < -0.4 is 10.6 Å². The average molecular weight is 300 g/mol. The number of rotatable bonds is 2. The molecule has 0 aliphatic carbocycles. The number of nitrogens with one attached hydrogen (secondary N) is 2. The van der Waals surface area contributed by atoms with E-state index in [4.69, 9.17) is 0 Å². The Balaban J connectivity index is 2.71. The minimum absolute atomic E-state index is 0.0131. The molecule has 6 heteroatoms. The van der Waals surface area contributed by atoms with Crippen LogP contribution in [0.4, 0.5) is 4.79 Å². The normalized spacial score (nSPS) is 29.0. The second kappa shape index (κ2) is 3.33. The lowest BCUT2D eigenvalue weighted by atomic mass is 10.00. The second-order valence-corrected chi connectivity index (χ2v) is 6.27. The van der Waals surface area contributed by atoms with Crippen LogP contribution in [0.1, 0.15) is 13.3 Å². The number of alkyl halides is 2. The maximum atomic E-state index is 11.2. The Kier molecular flexibility index (Phi) is 2.77. The standard InChI is InChI=1S/C6H8Br2N2O2/c1-6(2-3(7)8)4(11)9-5(12)10-6/h3H,2H2,1H3,(H2,9,10,11,12). The summed E-state index contributed by atoms with van der Waals surface area (Å²) in [6, 6.07) is -0.428. The van der Waals surface area contributed by atoms with Crippen molar-refractivity contribution < 1.29 is 9.59 Å². The summed E-state index contributed by atoms with van der Waals surface area (Å²) in [5.41, 5.74) is -0.797. The molecule has 0 bridgehead atoms. The van der Waals surface area contributed by atoms with Gasteiger partial charge in [-0.2, -0.15) is 0 Å². The van der Waals surface area contributed by atoms with Gasteiger partial charge in [0.05, 0.1) is 3.74 Å². The molecule has 12 heavy (non-hydrogen) atoms. The minimum Gasteiger partial charge on any atom is -0.323 e. The molecule has 1 atom stereocenters. The monoisotopic (exact) mass is 298 g/mol. The number of carbonyl (C=O) groups excluding carboxylic acids is 2. The fraction of sp³-hybridized carbons (Fsp3) is 0.667. The molecule has 2 N–H and O–H groups in total. The van der Waals surface area contributed by atoms with Crippen LogP contribution in [0.25, 0.3) is 0 Å². The summed E-state index contributed by atoms with van der Waals surface area (Å²) in [5.74, 6) is -0.281. The number of hydrogen-bond donors (Lipinski definition) is 2. The first kappa shape index (κ1) is 9.98. The highest BCUT2D eigenvalue weighted by molar-refractivity contribution is 9.24. The Morgan fingerprint density at radius 3 is 2.42 bits per heavy atom. The zero-order chi connectivity index (χ0) is 9.35. The molecule has 0 aromatic carbocycles. The molecule has 1 fully saturated rings. The van der Waals surface area contributed by atoms with Crippen LogP contribution >= 0.6 is 31.9 Å². The Morgan fingerprint density at radius 2 is 2.08 bits per heavy atom. The van der Waals surface area contributed by atoms with Crippen molar-refractivity contribution in [3.63, 3.8) is 0 Å². The molecular formula is C6H8Br2N2O2. The lowest BCUT2D eigenvalue weighted by Gasteiger charge is -2.20.